The van der Waals surface area contributed by atoms with Gasteiger partial charge in [0, 0.05) is 13.7 Å². The molecule has 1 saturated heterocycles. The number of ether oxygens (including phenoxy) is 2. The average molecular weight is 322 g/mol. The number of carbonyl (C=O) groups is 2. The number of thiocarbonyl (C=S) groups is 1. The molecule has 1 aliphatic heterocycles. The minimum absolute atomic E-state index is 0.0392. The third kappa shape index (κ3) is 3.26. The molecule has 7 heteroatoms. The summed E-state index contributed by atoms with van der Waals surface area (Å²) in [6.07, 6.45) is -0.0392. The number of hydrogen-bond donors (Lipinski definition) is 0. The van der Waals surface area contributed by atoms with Crippen molar-refractivity contribution in [3.63, 3.8) is 0 Å². The number of anilines is 1. The molecular formula is C15H18N2O4S. The maximum atomic E-state index is 12.7. The highest BCUT2D eigenvalue weighted by molar-refractivity contribution is 7.80. The van der Waals surface area contributed by atoms with Gasteiger partial charge < -0.3 is 14.4 Å². The maximum absolute atomic E-state index is 12.7. The van der Waals surface area contributed by atoms with Gasteiger partial charge in [0.1, 0.15) is 6.04 Å². The predicted molar refractivity (Wildman–Crippen MR) is 85.5 cm³/mol. The normalized spacial score (nSPS) is 18.0. The first-order valence-electron chi connectivity index (χ1n) is 6.85. The van der Waals surface area contributed by atoms with Crippen molar-refractivity contribution in [3.05, 3.63) is 30.3 Å². The van der Waals surface area contributed by atoms with E-state index in [-0.39, 0.29) is 12.3 Å². The number of methoxy groups -OCH3 is 2. The van der Waals surface area contributed by atoms with Gasteiger partial charge in [-0.25, -0.2) is 0 Å². The van der Waals surface area contributed by atoms with Gasteiger partial charge in [-0.1, -0.05) is 18.2 Å². The van der Waals surface area contributed by atoms with Crippen LogP contribution in [-0.2, 0) is 19.1 Å². The molecule has 1 aliphatic rings. The number of nitrogens with zero attached hydrogens (tertiary/aromatic N) is 2. The van der Waals surface area contributed by atoms with Crippen LogP contribution in [0.25, 0.3) is 0 Å². The molecule has 1 aromatic carbocycles. The van der Waals surface area contributed by atoms with Crippen LogP contribution in [0.2, 0.25) is 0 Å². The summed E-state index contributed by atoms with van der Waals surface area (Å²) in [5.74, 6) is -0.670. The fourth-order valence-corrected chi connectivity index (χ4v) is 2.75. The van der Waals surface area contributed by atoms with E-state index >= 15 is 0 Å². The Morgan fingerprint density at radius 3 is 2.55 bits per heavy atom. The average Bonchev–Trinajstić information content (AvgIpc) is 2.76. The van der Waals surface area contributed by atoms with Gasteiger partial charge >= 0.3 is 5.97 Å². The van der Waals surface area contributed by atoms with Crippen LogP contribution in [0.5, 0.6) is 0 Å². The molecule has 118 valence electrons. The molecule has 0 bridgehead atoms. The number of rotatable bonds is 6. The molecule has 1 amide bonds. The molecule has 6 nitrogen and oxygen atoms in total. The summed E-state index contributed by atoms with van der Waals surface area (Å²) in [6.45, 7) is 0.847. The molecule has 1 aromatic rings. The van der Waals surface area contributed by atoms with E-state index in [0.29, 0.717) is 24.0 Å². The summed E-state index contributed by atoms with van der Waals surface area (Å²) < 4.78 is 9.74. The Labute approximate surface area is 134 Å². The van der Waals surface area contributed by atoms with Gasteiger partial charge in [-0.2, -0.15) is 0 Å². The van der Waals surface area contributed by atoms with E-state index in [1.54, 1.807) is 24.1 Å². The number of carbonyl (C=O) groups excluding carboxylic acids is 2. The van der Waals surface area contributed by atoms with Crippen LogP contribution >= 0.6 is 12.2 Å². The second-order valence-electron chi connectivity index (χ2n) is 4.77. The van der Waals surface area contributed by atoms with E-state index in [0.717, 1.165) is 0 Å². The Morgan fingerprint density at radius 1 is 1.27 bits per heavy atom. The zero-order chi connectivity index (χ0) is 16.1. The summed E-state index contributed by atoms with van der Waals surface area (Å²) in [6, 6.07) is 8.48. The SMILES string of the molecule is COCCN1C(=S)N(c2ccccc2)C(=O)C1CC(=O)OC. The molecule has 1 unspecified atom stereocenters. The van der Waals surface area contributed by atoms with E-state index in [9.17, 15) is 9.59 Å². The van der Waals surface area contributed by atoms with Crippen LogP contribution in [0.3, 0.4) is 0 Å². The van der Waals surface area contributed by atoms with E-state index in [1.807, 2.05) is 18.2 Å². The lowest BCUT2D eigenvalue weighted by Crippen LogP contribution is -2.39. The van der Waals surface area contributed by atoms with Crippen molar-refractivity contribution in [3.8, 4) is 0 Å². The summed E-state index contributed by atoms with van der Waals surface area (Å²) in [5, 5.41) is 0.377. The summed E-state index contributed by atoms with van der Waals surface area (Å²) in [5.41, 5.74) is 0.687. The molecule has 22 heavy (non-hydrogen) atoms. The Kier molecular flexibility index (Phi) is 5.46. The molecule has 1 fully saturated rings. The highest BCUT2D eigenvalue weighted by Gasteiger charge is 2.44. The minimum Gasteiger partial charge on any atom is -0.469 e. The Morgan fingerprint density at radius 2 is 1.95 bits per heavy atom. The standard InChI is InChI=1S/C15H18N2O4S/c1-20-9-8-16-12(10-13(18)21-2)14(19)17(15(16)22)11-6-4-3-5-7-11/h3-7,12H,8-10H2,1-2H3. The van der Waals surface area contributed by atoms with Crippen molar-refractivity contribution in [2.24, 2.45) is 0 Å². The van der Waals surface area contributed by atoms with Gasteiger partial charge in [-0.3, -0.25) is 14.5 Å². The zero-order valence-corrected chi connectivity index (χ0v) is 13.3. The number of esters is 1. The lowest BCUT2D eigenvalue weighted by atomic mass is 10.2. The largest absolute Gasteiger partial charge is 0.469 e. The van der Waals surface area contributed by atoms with E-state index in [4.69, 9.17) is 17.0 Å². The van der Waals surface area contributed by atoms with Crippen molar-refractivity contribution >= 4 is 34.9 Å². The Hall–Kier alpha value is -1.99. The monoisotopic (exact) mass is 322 g/mol. The number of hydrogen-bond acceptors (Lipinski definition) is 5. The third-order valence-corrected chi connectivity index (χ3v) is 3.87. The first kappa shape index (κ1) is 16.4. The predicted octanol–water partition coefficient (Wildman–Crippen LogP) is 1.20. The van der Waals surface area contributed by atoms with E-state index in [1.165, 1.54) is 12.0 Å². The Bertz CT molecular complexity index is 564. The maximum Gasteiger partial charge on any atom is 0.308 e. The Balaban J connectivity index is 2.28. The molecule has 1 heterocycles. The summed E-state index contributed by atoms with van der Waals surface area (Å²) in [7, 11) is 2.87. The molecule has 0 saturated carbocycles. The topological polar surface area (TPSA) is 59.1 Å². The van der Waals surface area contributed by atoms with Crippen molar-refractivity contribution in [2.75, 3.05) is 32.3 Å². The van der Waals surface area contributed by atoms with Gasteiger partial charge in [0.2, 0.25) is 0 Å². The highest BCUT2D eigenvalue weighted by atomic mass is 32.1. The van der Waals surface area contributed by atoms with Gasteiger partial charge in [-0.05, 0) is 24.4 Å². The molecule has 0 aromatic heterocycles. The van der Waals surface area contributed by atoms with Crippen LogP contribution in [-0.4, -0.2) is 55.3 Å². The number of para-hydroxylation sites is 1. The summed E-state index contributed by atoms with van der Waals surface area (Å²) >= 11 is 5.42. The van der Waals surface area contributed by atoms with Gasteiger partial charge in [0.05, 0.1) is 25.8 Å². The minimum atomic E-state index is -0.657. The molecular weight excluding hydrogens is 304 g/mol. The molecule has 0 spiro atoms. The number of benzene rings is 1. The van der Waals surface area contributed by atoms with Gasteiger partial charge in [-0.15, -0.1) is 0 Å². The lowest BCUT2D eigenvalue weighted by molar-refractivity contribution is -0.143. The summed E-state index contributed by atoms with van der Waals surface area (Å²) in [4.78, 5) is 27.4. The second kappa shape index (κ2) is 7.33. The first-order valence-corrected chi connectivity index (χ1v) is 7.26. The van der Waals surface area contributed by atoms with Crippen LogP contribution in [0.4, 0.5) is 5.69 Å². The fraction of sp³-hybridized carbons (Fsp3) is 0.400. The van der Waals surface area contributed by atoms with Crippen molar-refractivity contribution in [2.45, 2.75) is 12.5 Å². The third-order valence-electron chi connectivity index (χ3n) is 3.46. The van der Waals surface area contributed by atoms with E-state index < -0.39 is 12.0 Å². The molecule has 0 aliphatic carbocycles. The van der Waals surface area contributed by atoms with Gasteiger partial charge in [0.25, 0.3) is 5.91 Å². The fourth-order valence-electron chi connectivity index (χ4n) is 2.33. The lowest BCUT2D eigenvalue weighted by Gasteiger charge is -2.23. The van der Waals surface area contributed by atoms with Crippen molar-refractivity contribution in [1.82, 2.24) is 4.90 Å². The van der Waals surface area contributed by atoms with Crippen molar-refractivity contribution in [1.29, 1.82) is 0 Å². The number of amides is 1. The van der Waals surface area contributed by atoms with E-state index in [2.05, 4.69) is 4.74 Å². The van der Waals surface area contributed by atoms with Crippen LogP contribution in [0, 0.1) is 0 Å². The molecule has 2 rings (SSSR count). The van der Waals surface area contributed by atoms with Crippen LogP contribution in [0.15, 0.2) is 30.3 Å². The highest BCUT2D eigenvalue weighted by Crippen LogP contribution is 2.26. The van der Waals surface area contributed by atoms with Gasteiger partial charge in [0.15, 0.2) is 5.11 Å². The van der Waals surface area contributed by atoms with Crippen molar-refractivity contribution < 1.29 is 19.1 Å². The zero-order valence-electron chi connectivity index (χ0n) is 12.5. The smallest absolute Gasteiger partial charge is 0.308 e. The molecule has 1 atom stereocenters. The second-order valence-corrected chi connectivity index (χ2v) is 5.14. The molecule has 0 N–H and O–H groups in total. The van der Waals surface area contributed by atoms with Crippen LogP contribution in [0.1, 0.15) is 6.42 Å². The molecule has 0 radical (unpaired) electrons. The quantitative estimate of drug-likeness (QED) is 0.579. The van der Waals surface area contributed by atoms with Crippen LogP contribution < -0.4 is 4.90 Å². The first-order chi connectivity index (χ1) is 10.6.